The monoisotopic (exact) mass is 162 g/mol. The van der Waals surface area contributed by atoms with Crippen LogP contribution in [-0.4, -0.2) is 39.9 Å². The lowest BCUT2D eigenvalue weighted by Crippen LogP contribution is -2.31. The van der Waals surface area contributed by atoms with E-state index in [2.05, 4.69) is 0 Å². The normalized spacial score (nSPS) is 16.0. The van der Waals surface area contributed by atoms with E-state index in [1.54, 1.807) is 6.92 Å². The van der Waals surface area contributed by atoms with E-state index in [1.165, 1.54) is 0 Å². The van der Waals surface area contributed by atoms with Crippen molar-refractivity contribution >= 4 is 5.78 Å². The van der Waals surface area contributed by atoms with Crippen LogP contribution in [0.5, 0.6) is 0 Å². The van der Waals surface area contributed by atoms with Crippen molar-refractivity contribution in [3.8, 4) is 0 Å². The van der Waals surface area contributed by atoms with Gasteiger partial charge in [0.2, 0.25) is 0 Å². The molecule has 0 heterocycles. The lowest BCUT2D eigenvalue weighted by Gasteiger charge is -2.13. The summed E-state index contributed by atoms with van der Waals surface area (Å²) in [7, 11) is 0. The summed E-state index contributed by atoms with van der Waals surface area (Å²) in [6.45, 7) is 1.17. The van der Waals surface area contributed by atoms with E-state index in [9.17, 15) is 4.79 Å². The average molecular weight is 162 g/mol. The van der Waals surface area contributed by atoms with Crippen LogP contribution in [0.15, 0.2) is 0 Å². The maximum absolute atomic E-state index is 10.7. The Balaban J connectivity index is 3.67. The highest BCUT2D eigenvalue weighted by molar-refractivity contribution is 5.78. The minimum absolute atomic E-state index is 0.0851. The first kappa shape index (κ1) is 10.6. The summed E-state index contributed by atoms with van der Waals surface area (Å²) < 4.78 is 0. The molecular formula is C7H14O4. The number of hydrogen-bond acceptors (Lipinski definition) is 4. The molecule has 0 saturated heterocycles. The molecule has 0 aromatic rings. The lowest BCUT2D eigenvalue weighted by atomic mass is 10.1. The Morgan fingerprint density at radius 1 is 1.36 bits per heavy atom. The van der Waals surface area contributed by atoms with E-state index < -0.39 is 18.8 Å². The van der Waals surface area contributed by atoms with Gasteiger partial charge in [-0.1, -0.05) is 6.92 Å². The minimum atomic E-state index is -1.20. The smallest absolute Gasteiger partial charge is 0.135 e. The molecule has 0 aliphatic carbocycles. The molecule has 0 aromatic carbocycles. The molecule has 0 aliphatic rings. The molecule has 4 heteroatoms. The maximum atomic E-state index is 10.7. The summed E-state index contributed by atoms with van der Waals surface area (Å²) in [6, 6.07) is 0. The first-order valence-electron chi connectivity index (χ1n) is 3.60. The fourth-order valence-corrected chi connectivity index (χ4v) is 0.635. The molecule has 66 valence electrons. The summed E-state index contributed by atoms with van der Waals surface area (Å²) in [6.07, 6.45) is -2.08. The molecule has 0 saturated carbocycles. The van der Waals surface area contributed by atoms with E-state index in [0.717, 1.165) is 0 Å². The van der Waals surface area contributed by atoms with Gasteiger partial charge in [-0.05, 0) is 0 Å². The summed E-state index contributed by atoms with van der Waals surface area (Å²) >= 11 is 0. The first-order chi connectivity index (χ1) is 5.11. The Kier molecular flexibility index (Phi) is 5.02. The number of ketones is 1. The van der Waals surface area contributed by atoms with E-state index in [-0.39, 0.29) is 12.2 Å². The third-order valence-corrected chi connectivity index (χ3v) is 1.46. The number of Topliss-reactive ketones (excluding diaryl/α,β-unsaturated/α-hetero) is 1. The van der Waals surface area contributed by atoms with Crippen molar-refractivity contribution < 1.29 is 20.1 Å². The van der Waals surface area contributed by atoms with Gasteiger partial charge < -0.3 is 15.3 Å². The SMILES string of the molecule is CCC(=O)C[C@H](O)[C@H](O)CO. The number of carbonyl (C=O) groups excluding carboxylic acids is 1. The Morgan fingerprint density at radius 2 is 1.91 bits per heavy atom. The fraction of sp³-hybridized carbons (Fsp3) is 0.857. The van der Waals surface area contributed by atoms with Crippen LogP contribution >= 0.6 is 0 Å². The van der Waals surface area contributed by atoms with Gasteiger partial charge in [0.05, 0.1) is 12.7 Å². The van der Waals surface area contributed by atoms with E-state index in [4.69, 9.17) is 15.3 Å². The molecular weight excluding hydrogens is 148 g/mol. The molecule has 3 N–H and O–H groups in total. The van der Waals surface area contributed by atoms with Gasteiger partial charge in [-0.3, -0.25) is 4.79 Å². The Labute approximate surface area is 65.5 Å². The summed E-state index contributed by atoms with van der Waals surface area (Å²) in [4.78, 5) is 10.7. The van der Waals surface area contributed by atoms with Gasteiger partial charge in [0.1, 0.15) is 11.9 Å². The second kappa shape index (κ2) is 5.23. The summed E-state index contributed by atoms with van der Waals surface area (Å²) in [5, 5.41) is 26.2. The molecule has 11 heavy (non-hydrogen) atoms. The molecule has 0 amide bonds. The highest BCUT2D eigenvalue weighted by Crippen LogP contribution is 2.00. The van der Waals surface area contributed by atoms with Crippen LogP contribution in [-0.2, 0) is 4.79 Å². The van der Waals surface area contributed by atoms with Gasteiger partial charge in [-0.2, -0.15) is 0 Å². The van der Waals surface area contributed by atoms with Crippen molar-refractivity contribution in [1.29, 1.82) is 0 Å². The summed E-state index contributed by atoms with van der Waals surface area (Å²) in [5.74, 6) is -0.120. The van der Waals surface area contributed by atoms with E-state index >= 15 is 0 Å². The molecule has 0 radical (unpaired) electrons. The standard InChI is InChI=1S/C7H14O4/c1-2-5(9)3-6(10)7(11)4-8/h6-8,10-11H,2-4H2,1H3/t6-,7+/m0/s1. The van der Waals surface area contributed by atoms with Crippen LogP contribution in [0.3, 0.4) is 0 Å². The van der Waals surface area contributed by atoms with E-state index in [0.29, 0.717) is 6.42 Å². The first-order valence-corrected chi connectivity index (χ1v) is 3.60. The van der Waals surface area contributed by atoms with Gasteiger partial charge >= 0.3 is 0 Å². The zero-order chi connectivity index (χ0) is 8.85. The predicted molar refractivity (Wildman–Crippen MR) is 39.0 cm³/mol. The second-order valence-electron chi connectivity index (χ2n) is 2.41. The quantitative estimate of drug-likeness (QED) is 0.488. The van der Waals surface area contributed by atoms with Crippen molar-refractivity contribution in [3.05, 3.63) is 0 Å². The fourth-order valence-electron chi connectivity index (χ4n) is 0.635. The van der Waals surface area contributed by atoms with Crippen LogP contribution in [0, 0.1) is 0 Å². The molecule has 4 nitrogen and oxygen atoms in total. The number of carbonyl (C=O) groups is 1. The molecule has 0 aromatic heterocycles. The van der Waals surface area contributed by atoms with E-state index in [1.807, 2.05) is 0 Å². The molecule has 2 atom stereocenters. The predicted octanol–water partition coefficient (Wildman–Crippen LogP) is -0.930. The van der Waals surface area contributed by atoms with Gasteiger partial charge in [0.25, 0.3) is 0 Å². The Hall–Kier alpha value is -0.450. The second-order valence-corrected chi connectivity index (χ2v) is 2.41. The maximum Gasteiger partial charge on any atom is 0.135 e. The third kappa shape index (κ3) is 4.08. The summed E-state index contributed by atoms with van der Waals surface area (Å²) in [5.41, 5.74) is 0. The van der Waals surface area contributed by atoms with Crippen LogP contribution < -0.4 is 0 Å². The van der Waals surface area contributed by atoms with Crippen LogP contribution in [0.2, 0.25) is 0 Å². The van der Waals surface area contributed by atoms with Crippen molar-refractivity contribution in [2.45, 2.75) is 32.0 Å². The number of hydrogen-bond donors (Lipinski definition) is 3. The Morgan fingerprint density at radius 3 is 2.27 bits per heavy atom. The van der Waals surface area contributed by atoms with Crippen molar-refractivity contribution in [1.82, 2.24) is 0 Å². The molecule has 0 aliphatic heterocycles. The highest BCUT2D eigenvalue weighted by atomic mass is 16.4. The lowest BCUT2D eigenvalue weighted by molar-refractivity contribution is -0.123. The third-order valence-electron chi connectivity index (χ3n) is 1.46. The number of aliphatic hydroxyl groups excluding tert-OH is 3. The van der Waals surface area contributed by atoms with Gasteiger partial charge in [-0.15, -0.1) is 0 Å². The topological polar surface area (TPSA) is 77.8 Å². The zero-order valence-corrected chi connectivity index (χ0v) is 6.53. The molecule has 0 rings (SSSR count). The van der Waals surface area contributed by atoms with Crippen molar-refractivity contribution in [2.24, 2.45) is 0 Å². The average Bonchev–Trinajstić information content (AvgIpc) is 2.02. The number of rotatable bonds is 5. The van der Waals surface area contributed by atoms with Crippen molar-refractivity contribution in [3.63, 3.8) is 0 Å². The molecule has 0 bridgehead atoms. The highest BCUT2D eigenvalue weighted by Gasteiger charge is 2.17. The molecule has 0 fully saturated rings. The molecule has 0 unspecified atom stereocenters. The molecule has 0 spiro atoms. The number of aliphatic hydroxyl groups is 3. The van der Waals surface area contributed by atoms with Crippen LogP contribution in [0.4, 0.5) is 0 Å². The van der Waals surface area contributed by atoms with Crippen LogP contribution in [0.1, 0.15) is 19.8 Å². The Bertz CT molecular complexity index is 124. The van der Waals surface area contributed by atoms with Gasteiger partial charge in [0, 0.05) is 12.8 Å². The van der Waals surface area contributed by atoms with Crippen LogP contribution in [0.25, 0.3) is 0 Å². The van der Waals surface area contributed by atoms with Crippen molar-refractivity contribution in [2.75, 3.05) is 6.61 Å². The van der Waals surface area contributed by atoms with Gasteiger partial charge in [0.15, 0.2) is 0 Å². The largest absolute Gasteiger partial charge is 0.394 e. The minimum Gasteiger partial charge on any atom is -0.394 e. The van der Waals surface area contributed by atoms with Gasteiger partial charge in [-0.25, -0.2) is 0 Å². The zero-order valence-electron chi connectivity index (χ0n) is 6.53.